The van der Waals surface area contributed by atoms with E-state index in [1.54, 1.807) is 0 Å². The van der Waals surface area contributed by atoms with Crippen LogP contribution in [0.25, 0.3) is 141 Å². The minimum Gasteiger partial charge on any atom is -0.0616 e. The molecule has 0 heterocycles. The lowest BCUT2D eigenvalue weighted by molar-refractivity contribution is 1.68. The predicted octanol–water partition coefficient (Wildman–Crippen LogP) is 18.7. The Labute approximate surface area is 382 Å². The first-order valence-corrected chi connectivity index (χ1v) is 23.0. The third-order valence-electron chi connectivity index (χ3n) is 14.4. The zero-order valence-electron chi connectivity index (χ0n) is 36.1. The minimum atomic E-state index is 1.24. The predicted molar refractivity (Wildman–Crippen MR) is 286 cm³/mol. The molecule has 0 aromatic heterocycles. The Balaban J connectivity index is 1.06. The van der Waals surface area contributed by atoms with Crippen LogP contribution >= 0.6 is 0 Å². The fourth-order valence-electron chi connectivity index (χ4n) is 11.5. The number of benzene rings is 14. The highest BCUT2D eigenvalue weighted by atomic mass is 14.3. The topological polar surface area (TPSA) is 0 Å². The fraction of sp³-hybridized carbons (Fsp3) is 0. The van der Waals surface area contributed by atoms with Crippen molar-refractivity contribution in [3.05, 3.63) is 243 Å². The van der Waals surface area contributed by atoms with E-state index in [0.29, 0.717) is 0 Å². The van der Waals surface area contributed by atoms with E-state index < -0.39 is 0 Å². The average Bonchev–Trinajstić information content (AvgIpc) is 3.38. The normalized spacial score (nSPS) is 11.9. The SMILES string of the molecule is c1ccc2cc(-c3c4ccccc4c(-c4cccc5c4ccc4c(-c6c7ccccc7c(-c7ccc8ccccc8c7)c7ccccc67)c6ccccc6cc45)c4ccccc34)ccc2c1. The summed E-state index contributed by atoms with van der Waals surface area (Å²) in [4.78, 5) is 0. The number of hydrogen-bond donors (Lipinski definition) is 0. The van der Waals surface area contributed by atoms with E-state index in [2.05, 4.69) is 243 Å². The molecule has 0 radical (unpaired) electrons. The Kier molecular flexibility index (Phi) is 8.08. The number of hydrogen-bond acceptors (Lipinski definition) is 0. The summed E-state index contributed by atoms with van der Waals surface area (Å²) in [5.74, 6) is 0. The van der Waals surface area contributed by atoms with Crippen molar-refractivity contribution in [3.8, 4) is 44.5 Å². The quantitative estimate of drug-likeness (QED) is 0.122. The lowest BCUT2D eigenvalue weighted by atomic mass is 9.81. The van der Waals surface area contributed by atoms with Crippen molar-refractivity contribution in [2.75, 3.05) is 0 Å². The standard InChI is InChI=1S/C66H40/c1-3-18-43-38-46(34-32-41(43)16-1)62-52-22-7-11-26-56(52)64(57-27-12-8-23-53(57)62)51-31-15-30-49-50(51)36-37-60-61(49)40-45-20-5-6-21-48(45)65(60)66-58-28-13-9-24-54(58)63(55-25-10-14-29-59(55)66)47-35-33-42-17-2-4-19-44(42)39-47/h1-40H. The monoisotopic (exact) mass is 832 g/mol. The van der Waals surface area contributed by atoms with Crippen molar-refractivity contribution >= 4 is 97.0 Å². The van der Waals surface area contributed by atoms with Gasteiger partial charge in [-0.3, -0.25) is 0 Å². The van der Waals surface area contributed by atoms with Crippen LogP contribution in [0.4, 0.5) is 0 Å². The van der Waals surface area contributed by atoms with Crippen LogP contribution in [-0.2, 0) is 0 Å². The third kappa shape index (κ3) is 5.46. The van der Waals surface area contributed by atoms with Gasteiger partial charge in [0.1, 0.15) is 0 Å². The molecule has 0 amide bonds. The second kappa shape index (κ2) is 14.5. The van der Waals surface area contributed by atoms with Gasteiger partial charge < -0.3 is 0 Å². The van der Waals surface area contributed by atoms with Crippen LogP contribution in [0.2, 0.25) is 0 Å². The van der Waals surface area contributed by atoms with Gasteiger partial charge >= 0.3 is 0 Å². The largest absolute Gasteiger partial charge is 0.0616 e. The Morgan fingerprint density at radius 1 is 0.152 bits per heavy atom. The molecule has 0 aliphatic rings. The van der Waals surface area contributed by atoms with Crippen LogP contribution in [0.5, 0.6) is 0 Å². The summed E-state index contributed by atoms with van der Waals surface area (Å²) < 4.78 is 0. The Bertz CT molecular complexity index is 4230. The molecule has 0 bridgehead atoms. The molecule has 0 heteroatoms. The third-order valence-corrected chi connectivity index (χ3v) is 14.4. The minimum absolute atomic E-state index is 1.24. The van der Waals surface area contributed by atoms with Gasteiger partial charge in [0, 0.05) is 0 Å². The first kappa shape index (κ1) is 36.9. The maximum Gasteiger partial charge on any atom is -0.00139 e. The van der Waals surface area contributed by atoms with Crippen LogP contribution in [0.3, 0.4) is 0 Å². The van der Waals surface area contributed by atoms with Gasteiger partial charge in [-0.15, -0.1) is 0 Å². The maximum atomic E-state index is 2.44. The summed E-state index contributed by atoms with van der Waals surface area (Å²) in [7, 11) is 0. The van der Waals surface area contributed by atoms with E-state index in [-0.39, 0.29) is 0 Å². The maximum absolute atomic E-state index is 2.44. The molecule has 0 spiro atoms. The van der Waals surface area contributed by atoms with E-state index >= 15 is 0 Å². The Morgan fingerprint density at radius 2 is 0.500 bits per heavy atom. The van der Waals surface area contributed by atoms with Gasteiger partial charge in [0.2, 0.25) is 0 Å². The molecule has 0 fully saturated rings. The lowest BCUT2D eigenvalue weighted by Crippen LogP contribution is -1.94. The van der Waals surface area contributed by atoms with Crippen molar-refractivity contribution in [2.24, 2.45) is 0 Å². The van der Waals surface area contributed by atoms with Crippen LogP contribution in [-0.4, -0.2) is 0 Å². The van der Waals surface area contributed by atoms with E-state index in [1.165, 1.54) is 141 Å². The second-order valence-electron chi connectivity index (χ2n) is 17.8. The van der Waals surface area contributed by atoms with Crippen molar-refractivity contribution in [1.29, 1.82) is 0 Å². The molecule has 0 aliphatic carbocycles. The number of rotatable bonds is 4. The zero-order valence-corrected chi connectivity index (χ0v) is 36.1. The zero-order chi connectivity index (χ0) is 43.3. The lowest BCUT2D eigenvalue weighted by Gasteiger charge is -2.22. The molecule has 14 aromatic carbocycles. The summed E-state index contributed by atoms with van der Waals surface area (Å²) in [6.45, 7) is 0. The van der Waals surface area contributed by atoms with Crippen molar-refractivity contribution < 1.29 is 0 Å². The molecular formula is C66H40. The summed E-state index contributed by atoms with van der Waals surface area (Å²) in [5.41, 5.74) is 10.1. The molecule has 0 nitrogen and oxygen atoms in total. The Hall–Kier alpha value is -8.58. The van der Waals surface area contributed by atoms with E-state index in [0.717, 1.165) is 0 Å². The molecule has 0 N–H and O–H groups in total. The van der Waals surface area contributed by atoms with Gasteiger partial charge in [-0.25, -0.2) is 0 Å². The first-order valence-electron chi connectivity index (χ1n) is 23.0. The molecule has 0 atom stereocenters. The molecule has 0 aliphatic heterocycles. The number of fused-ring (bicyclic) bond motifs is 10. The molecule has 0 saturated heterocycles. The molecule has 304 valence electrons. The molecule has 14 aromatic rings. The van der Waals surface area contributed by atoms with Crippen molar-refractivity contribution in [3.63, 3.8) is 0 Å². The van der Waals surface area contributed by atoms with Gasteiger partial charge in [-0.1, -0.05) is 224 Å². The van der Waals surface area contributed by atoms with Gasteiger partial charge in [-0.05, 0) is 160 Å². The summed E-state index contributed by atoms with van der Waals surface area (Å²) in [5, 5.41) is 22.6. The van der Waals surface area contributed by atoms with Gasteiger partial charge in [0.05, 0.1) is 0 Å². The molecule has 0 saturated carbocycles. The molecule has 66 heavy (non-hydrogen) atoms. The highest BCUT2D eigenvalue weighted by molar-refractivity contribution is 6.31. The summed E-state index contributed by atoms with van der Waals surface area (Å²) in [6, 6.07) is 90.6. The second-order valence-corrected chi connectivity index (χ2v) is 17.8. The van der Waals surface area contributed by atoms with Crippen molar-refractivity contribution in [1.82, 2.24) is 0 Å². The first-order chi connectivity index (χ1) is 32.8. The summed E-state index contributed by atoms with van der Waals surface area (Å²) >= 11 is 0. The highest BCUT2D eigenvalue weighted by Gasteiger charge is 2.23. The van der Waals surface area contributed by atoms with Gasteiger partial charge in [0.15, 0.2) is 0 Å². The van der Waals surface area contributed by atoms with Crippen LogP contribution in [0, 0.1) is 0 Å². The summed E-state index contributed by atoms with van der Waals surface area (Å²) in [6.07, 6.45) is 0. The van der Waals surface area contributed by atoms with E-state index in [9.17, 15) is 0 Å². The van der Waals surface area contributed by atoms with Crippen LogP contribution in [0.1, 0.15) is 0 Å². The molecule has 0 unspecified atom stereocenters. The highest BCUT2D eigenvalue weighted by Crippen LogP contribution is 2.51. The Morgan fingerprint density at radius 3 is 1.00 bits per heavy atom. The average molecular weight is 833 g/mol. The van der Waals surface area contributed by atoms with E-state index in [4.69, 9.17) is 0 Å². The van der Waals surface area contributed by atoms with E-state index in [1.807, 2.05) is 0 Å². The smallest absolute Gasteiger partial charge is 0.00139 e. The van der Waals surface area contributed by atoms with Gasteiger partial charge in [-0.2, -0.15) is 0 Å². The molecular weight excluding hydrogens is 793 g/mol. The molecule has 14 rings (SSSR count). The van der Waals surface area contributed by atoms with Crippen LogP contribution < -0.4 is 0 Å². The van der Waals surface area contributed by atoms with Gasteiger partial charge in [0.25, 0.3) is 0 Å². The van der Waals surface area contributed by atoms with Crippen molar-refractivity contribution in [2.45, 2.75) is 0 Å². The fourth-order valence-corrected chi connectivity index (χ4v) is 11.5. The van der Waals surface area contributed by atoms with Crippen LogP contribution in [0.15, 0.2) is 243 Å².